The van der Waals surface area contributed by atoms with E-state index in [0.29, 0.717) is 0 Å². The molecule has 0 aromatic heterocycles. The highest BCUT2D eigenvalue weighted by Gasteiger charge is 2.37. The van der Waals surface area contributed by atoms with Gasteiger partial charge in [0, 0.05) is 6.61 Å². The van der Waals surface area contributed by atoms with Crippen molar-refractivity contribution in [3.8, 4) is 0 Å². The van der Waals surface area contributed by atoms with Crippen LogP contribution in [0.5, 0.6) is 0 Å². The van der Waals surface area contributed by atoms with Gasteiger partial charge in [-0.05, 0) is 33.6 Å². The van der Waals surface area contributed by atoms with Crippen LogP contribution >= 0.6 is 0 Å². The maximum atomic E-state index is 6.27. The lowest BCUT2D eigenvalue weighted by Gasteiger charge is -2.40. The molecule has 1 aliphatic rings. The van der Waals surface area contributed by atoms with Gasteiger partial charge in [0.2, 0.25) is 0 Å². The van der Waals surface area contributed by atoms with Crippen molar-refractivity contribution in [1.29, 1.82) is 0 Å². The molecule has 0 spiro atoms. The summed E-state index contributed by atoms with van der Waals surface area (Å²) >= 11 is 0. The molecule has 1 rings (SSSR count). The molecule has 0 amide bonds. The summed E-state index contributed by atoms with van der Waals surface area (Å²) in [4.78, 5) is 0. The van der Waals surface area contributed by atoms with Gasteiger partial charge in [-0.15, -0.1) is 0 Å². The molecule has 0 aromatic rings. The minimum absolute atomic E-state index is 0.0581. The molecule has 2 nitrogen and oxygen atoms in total. The molecule has 88 valence electrons. The fourth-order valence-corrected chi connectivity index (χ4v) is 2.52. The number of hydrogen-bond acceptors (Lipinski definition) is 2. The van der Waals surface area contributed by atoms with Crippen molar-refractivity contribution in [2.45, 2.75) is 64.5 Å². The van der Waals surface area contributed by atoms with Gasteiger partial charge < -0.3 is 10.5 Å². The molecule has 0 saturated heterocycles. The van der Waals surface area contributed by atoms with E-state index < -0.39 is 0 Å². The Morgan fingerprint density at radius 1 is 1.33 bits per heavy atom. The van der Waals surface area contributed by atoms with E-state index in [0.717, 1.165) is 19.4 Å². The fourth-order valence-electron chi connectivity index (χ4n) is 2.52. The summed E-state index contributed by atoms with van der Waals surface area (Å²) in [6, 6.07) is 0.0581. The highest BCUT2D eigenvalue weighted by atomic mass is 16.5. The average Bonchev–Trinajstić information content (AvgIpc) is 2.18. The fraction of sp³-hybridized carbons (Fsp3) is 0.846. The first-order chi connectivity index (χ1) is 7.10. The molecule has 0 bridgehead atoms. The third-order valence-corrected chi connectivity index (χ3v) is 3.25. The van der Waals surface area contributed by atoms with Crippen LogP contribution in [0.25, 0.3) is 0 Å². The summed E-state index contributed by atoms with van der Waals surface area (Å²) in [6.07, 6.45) is 8.23. The van der Waals surface area contributed by atoms with Crippen LogP contribution in [-0.4, -0.2) is 18.2 Å². The predicted molar refractivity (Wildman–Crippen MR) is 64.8 cm³/mol. The van der Waals surface area contributed by atoms with E-state index in [2.05, 4.69) is 26.8 Å². The van der Waals surface area contributed by atoms with Gasteiger partial charge in [0.25, 0.3) is 0 Å². The zero-order valence-electron chi connectivity index (χ0n) is 10.4. The lowest BCUT2D eigenvalue weighted by molar-refractivity contribution is -0.0726. The summed E-state index contributed by atoms with van der Waals surface area (Å²) < 4.78 is 5.96. The van der Waals surface area contributed by atoms with Crippen LogP contribution in [0.1, 0.15) is 52.9 Å². The molecular weight excluding hydrogens is 186 g/mol. The van der Waals surface area contributed by atoms with Gasteiger partial charge in [-0.1, -0.05) is 30.9 Å². The first-order valence-electron chi connectivity index (χ1n) is 6.15. The maximum absolute atomic E-state index is 6.27. The molecule has 2 heteroatoms. The SMILES string of the molecule is CCOC1(C(N)C=C(C)C)CCCCC1. The number of allylic oxidation sites excluding steroid dienone is 1. The Morgan fingerprint density at radius 3 is 2.40 bits per heavy atom. The molecule has 15 heavy (non-hydrogen) atoms. The topological polar surface area (TPSA) is 35.2 Å². The lowest BCUT2D eigenvalue weighted by Crippen LogP contribution is -2.50. The van der Waals surface area contributed by atoms with E-state index in [1.807, 2.05) is 0 Å². The zero-order valence-corrected chi connectivity index (χ0v) is 10.4. The van der Waals surface area contributed by atoms with Gasteiger partial charge in [-0.3, -0.25) is 0 Å². The first-order valence-corrected chi connectivity index (χ1v) is 6.15. The van der Waals surface area contributed by atoms with Crippen LogP contribution in [0.2, 0.25) is 0 Å². The van der Waals surface area contributed by atoms with E-state index in [1.165, 1.54) is 24.8 Å². The molecular formula is C13H25NO. The van der Waals surface area contributed by atoms with Gasteiger partial charge in [-0.2, -0.15) is 0 Å². The summed E-state index contributed by atoms with van der Waals surface area (Å²) in [6.45, 7) is 7.03. The molecule has 1 aliphatic carbocycles. The molecule has 1 unspecified atom stereocenters. The average molecular weight is 211 g/mol. The van der Waals surface area contributed by atoms with E-state index in [1.54, 1.807) is 0 Å². The Hall–Kier alpha value is -0.340. The van der Waals surface area contributed by atoms with Crippen molar-refractivity contribution in [3.05, 3.63) is 11.6 Å². The summed E-state index contributed by atoms with van der Waals surface area (Å²) in [5.74, 6) is 0. The van der Waals surface area contributed by atoms with Crippen LogP contribution in [0.4, 0.5) is 0 Å². The number of rotatable bonds is 4. The molecule has 2 N–H and O–H groups in total. The number of nitrogens with two attached hydrogens (primary N) is 1. The van der Waals surface area contributed by atoms with E-state index in [-0.39, 0.29) is 11.6 Å². The first kappa shape index (κ1) is 12.7. The van der Waals surface area contributed by atoms with E-state index in [4.69, 9.17) is 10.5 Å². The van der Waals surface area contributed by atoms with Gasteiger partial charge in [-0.25, -0.2) is 0 Å². The van der Waals surface area contributed by atoms with E-state index >= 15 is 0 Å². The molecule has 0 radical (unpaired) electrons. The molecule has 1 atom stereocenters. The van der Waals surface area contributed by atoms with Gasteiger partial charge in [0.1, 0.15) is 0 Å². The molecule has 1 fully saturated rings. The lowest BCUT2D eigenvalue weighted by atomic mass is 9.79. The second-order valence-electron chi connectivity index (χ2n) is 4.83. The smallest absolute Gasteiger partial charge is 0.0868 e. The van der Waals surface area contributed by atoms with Crippen molar-refractivity contribution in [2.75, 3.05) is 6.61 Å². The maximum Gasteiger partial charge on any atom is 0.0868 e. The van der Waals surface area contributed by atoms with Gasteiger partial charge >= 0.3 is 0 Å². The number of hydrogen-bond donors (Lipinski definition) is 1. The van der Waals surface area contributed by atoms with Gasteiger partial charge in [0.05, 0.1) is 11.6 Å². The number of ether oxygens (including phenoxy) is 1. The van der Waals surface area contributed by atoms with Crippen LogP contribution in [-0.2, 0) is 4.74 Å². The molecule has 0 aromatic carbocycles. The molecule has 0 heterocycles. The van der Waals surface area contributed by atoms with Crippen LogP contribution in [0.15, 0.2) is 11.6 Å². The normalized spacial score (nSPS) is 22.1. The Kier molecular flexibility index (Phi) is 4.81. The van der Waals surface area contributed by atoms with E-state index in [9.17, 15) is 0 Å². The Bertz CT molecular complexity index is 207. The Morgan fingerprint density at radius 2 is 1.93 bits per heavy atom. The minimum Gasteiger partial charge on any atom is -0.373 e. The quantitative estimate of drug-likeness (QED) is 0.725. The van der Waals surface area contributed by atoms with Crippen molar-refractivity contribution in [3.63, 3.8) is 0 Å². The highest BCUT2D eigenvalue weighted by molar-refractivity contribution is 5.09. The zero-order chi connectivity index (χ0) is 11.3. The van der Waals surface area contributed by atoms with Crippen LogP contribution in [0, 0.1) is 0 Å². The Balaban J connectivity index is 2.74. The van der Waals surface area contributed by atoms with Crippen LogP contribution in [0.3, 0.4) is 0 Å². The predicted octanol–water partition coefficient (Wildman–Crippen LogP) is 3.02. The second kappa shape index (κ2) is 5.66. The Labute approximate surface area is 93.9 Å². The molecule has 0 aliphatic heterocycles. The van der Waals surface area contributed by atoms with Crippen LogP contribution < -0.4 is 5.73 Å². The largest absolute Gasteiger partial charge is 0.373 e. The second-order valence-corrected chi connectivity index (χ2v) is 4.83. The third-order valence-electron chi connectivity index (χ3n) is 3.25. The summed E-state index contributed by atoms with van der Waals surface area (Å²) in [5, 5.41) is 0. The van der Waals surface area contributed by atoms with Crippen molar-refractivity contribution >= 4 is 0 Å². The summed E-state index contributed by atoms with van der Waals surface area (Å²) in [7, 11) is 0. The van der Waals surface area contributed by atoms with Crippen molar-refractivity contribution in [1.82, 2.24) is 0 Å². The van der Waals surface area contributed by atoms with Crippen molar-refractivity contribution in [2.24, 2.45) is 5.73 Å². The van der Waals surface area contributed by atoms with Crippen molar-refractivity contribution < 1.29 is 4.74 Å². The standard InChI is InChI=1S/C13H25NO/c1-4-15-13(8-6-5-7-9-13)12(14)10-11(2)3/h10,12H,4-9,14H2,1-3H3. The summed E-state index contributed by atoms with van der Waals surface area (Å²) in [5.41, 5.74) is 7.47. The van der Waals surface area contributed by atoms with Gasteiger partial charge in [0.15, 0.2) is 0 Å². The minimum atomic E-state index is -0.0791. The molecule has 1 saturated carbocycles. The monoisotopic (exact) mass is 211 g/mol. The highest BCUT2D eigenvalue weighted by Crippen LogP contribution is 2.34. The third kappa shape index (κ3) is 3.32.